The SMILES string of the molecule is O=S(=O)(c1ccc(Nc2ccnc3ccccc23)cc1)c1ccc(N(CCCl)CCCl)cc1. The number of rotatable bonds is 9. The molecule has 4 aromatic rings. The monoisotopic (exact) mass is 499 g/mol. The lowest BCUT2D eigenvalue weighted by Crippen LogP contribution is -2.27. The van der Waals surface area contributed by atoms with Gasteiger partial charge in [-0.15, -0.1) is 23.2 Å². The second kappa shape index (κ2) is 10.4. The van der Waals surface area contributed by atoms with Crippen LogP contribution in [0.1, 0.15) is 0 Å². The molecule has 0 bridgehead atoms. The molecule has 0 saturated carbocycles. The van der Waals surface area contributed by atoms with Gasteiger partial charge in [0.2, 0.25) is 9.84 Å². The molecule has 0 aliphatic carbocycles. The Balaban J connectivity index is 1.54. The number of anilines is 3. The largest absolute Gasteiger partial charge is 0.369 e. The summed E-state index contributed by atoms with van der Waals surface area (Å²) in [6.45, 7) is 1.28. The van der Waals surface area contributed by atoms with Gasteiger partial charge in [0.05, 0.1) is 15.3 Å². The second-order valence-electron chi connectivity index (χ2n) is 7.39. The minimum Gasteiger partial charge on any atom is -0.369 e. The number of hydrogen-bond donors (Lipinski definition) is 1. The van der Waals surface area contributed by atoms with Crippen molar-refractivity contribution in [3.05, 3.63) is 85.1 Å². The summed E-state index contributed by atoms with van der Waals surface area (Å²) in [4.78, 5) is 6.87. The van der Waals surface area contributed by atoms with Gasteiger partial charge in [-0.3, -0.25) is 4.98 Å². The van der Waals surface area contributed by atoms with Gasteiger partial charge in [0.15, 0.2) is 0 Å². The van der Waals surface area contributed by atoms with Crippen molar-refractivity contribution in [1.82, 2.24) is 4.98 Å². The molecule has 1 aromatic heterocycles. The molecule has 0 aliphatic heterocycles. The van der Waals surface area contributed by atoms with Crippen molar-refractivity contribution in [1.29, 1.82) is 0 Å². The van der Waals surface area contributed by atoms with Crippen molar-refractivity contribution < 1.29 is 8.42 Å². The molecule has 5 nitrogen and oxygen atoms in total. The van der Waals surface area contributed by atoms with Crippen LogP contribution in [-0.4, -0.2) is 38.3 Å². The third kappa shape index (κ3) is 5.24. The summed E-state index contributed by atoms with van der Waals surface area (Å²) < 4.78 is 26.3. The number of nitrogens with zero attached hydrogens (tertiary/aromatic N) is 2. The van der Waals surface area contributed by atoms with E-state index < -0.39 is 9.84 Å². The Morgan fingerprint density at radius 1 is 0.788 bits per heavy atom. The van der Waals surface area contributed by atoms with Crippen molar-refractivity contribution in [2.24, 2.45) is 0 Å². The zero-order valence-electron chi connectivity index (χ0n) is 17.8. The summed E-state index contributed by atoms with van der Waals surface area (Å²) in [5, 5.41) is 4.34. The maximum atomic E-state index is 13.1. The van der Waals surface area contributed by atoms with Crippen LogP contribution in [0.15, 0.2) is 94.9 Å². The van der Waals surface area contributed by atoms with Gasteiger partial charge in [0, 0.05) is 53.5 Å². The number of halogens is 2. The maximum Gasteiger partial charge on any atom is 0.206 e. The molecule has 0 amide bonds. The first-order valence-electron chi connectivity index (χ1n) is 10.5. The van der Waals surface area contributed by atoms with Gasteiger partial charge < -0.3 is 10.2 Å². The van der Waals surface area contributed by atoms with Crippen molar-refractivity contribution in [2.75, 3.05) is 35.1 Å². The molecule has 170 valence electrons. The molecular formula is C25H23Cl2N3O2S. The van der Waals surface area contributed by atoms with E-state index in [0.29, 0.717) is 24.8 Å². The third-order valence-electron chi connectivity index (χ3n) is 5.31. The minimum absolute atomic E-state index is 0.235. The molecule has 4 rings (SSSR count). The number of alkyl halides is 2. The summed E-state index contributed by atoms with van der Waals surface area (Å²) in [6, 6.07) is 23.3. The highest BCUT2D eigenvalue weighted by Crippen LogP contribution is 2.28. The molecule has 0 radical (unpaired) electrons. The highest BCUT2D eigenvalue weighted by atomic mass is 35.5. The molecule has 0 unspecified atom stereocenters. The van der Waals surface area contributed by atoms with Gasteiger partial charge >= 0.3 is 0 Å². The lowest BCUT2D eigenvalue weighted by atomic mass is 10.2. The van der Waals surface area contributed by atoms with Gasteiger partial charge in [-0.05, 0) is 60.7 Å². The Hall–Kier alpha value is -2.80. The van der Waals surface area contributed by atoms with Crippen LogP contribution in [0.25, 0.3) is 10.9 Å². The predicted octanol–water partition coefficient (Wildman–Crippen LogP) is 6.10. The van der Waals surface area contributed by atoms with E-state index in [9.17, 15) is 8.42 Å². The lowest BCUT2D eigenvalue weighted by molar-refractivity contribution is 0.596. The van der Waals surface area contributed by atoms with Crippen LogP contribution in [0.3, 0.4) is 0 Å². The molecule has 8 heteroatoms. The van der Waals surface area contributed by atoms with E-state index in [2.05, 4.69) is 10.3 Å². The highest BCUT2D eigenvalue weighted by molar-refractivity contribution is 7.91. The summed E-state index contributed by atoms with van der Waals surface area (Å²) in [5.41, 5.74) is 3.48. The fourth-order valence-electron chi connectivity index (χ4n) is 3.62. The normalized spacial score (nSPS) is 11.5. The molecule has 1 N–H and O–H groups in total. The Morgan fingerprint density at radius 3 is 2.03 bits per heavy atom. The van der Waals surface area contributed by atoms with Gasteiger partial charge in [-0.1, -0.05) is 18.2 Å². The van der Waals surface area contributed by atoms with Crippen LogP contribution in [0.4, 0.5) is 17.1 Å². The average molecular weight is 500 g/mol. The Labute approximate surface area is 203 Å². The summed E-state index contributed by atoms with van der Waals surface area (Å²) in [7, 11) is -3.64. The van der Waals surface area contributed by atoms with Gasteiger partial charge in [-0.25, -0.2) is 8.42 Å². The Bertz CT molecular complexity index is 1320. The predicted molar refractivity (Wildman–Crippen MR) is 137 cm³/mol. The van der Waals surface area contributed by atoms with Crippen LogP contribution in [0.5, 0.6) is 0 Å². The number of fused-ring (bicyclic) bond motifs is 1. The highest BCUT2D eigenvalue weighted by Gasteiger charge is 2.18. The zero-order valence-corrected chi connectivity index (χ0v) is 20.1. The Morgan fingerprint density at radius 2 is 1.39 bits per heavy atom. The maximum absolute atomic E-state index is 13.1. The lowest BCUT2D eigenvalue weighted by Gasteiger charge is -2.23. The van der Waals surface area contributed by atoms with Gasteiger partial charge in [0.25, 0.3) is 0 Å². The van der Waals surface area contributed by atoms with Gasteiger partial charge in [-0.2, -0.15) is 0 Å². The van der Waals surface area contributed by atoms with E-state index in [0.717, 1.165) is 28.0 Å². The average Bonchev–Trinajstić information content (AvgIpc) is 2.85. The fraction of sp³-hybridized carbons (Fsp3) is 0.160. The summed E-state index contributed by atoms with van der Waals surface area (Å²) in [5.74, 6) is 0.930. The summed E-state index contributed by atoms with van der Waals surface area (Å²) >= 11 is 11.7. The van der Waals surface area contributed by atoms with Crippen LogP contribution in [0.2, 0.25) is 0 Å². The van der Waals surface area contributed by atoms with Crippen LogP contribution in [-0.2, 0) is 9.84 Å². The molecule has 0 spiro atoms. The minimum atomic E-state index is -3.64. The number of hydrogen-bond acceptors (Lipinski definition) is 5. The topological polar surface area (TPSA) is 62.3 Å². The van der Waals surface area contributed by atoms with Crippen molar-refractivity contribution in [3.63, 3.8) is 0 Å². The van der Waals surface area contributed by atoms with E-state index in [4.69, 9.17) is 23.2 Å². The van der Waals surface area contributed by atoms with Crippen molar-refractivity contribution in [2.45, 2.75) is 9.79 Å². The Kier molecular flexibility index (Phi) is 7.38. The summed E-state index contributed by atoms with van der Waals surface area (Å²) in [6.07, 6.45) is 1.74. The molecule has 0 atom stereocenters. The standard InChI is InChI=1S/C25H23Cl2N3O2S/c26-14-17-30(18-15-27)20-7-11-22(12-8-20)33(31,32)21-9-5-19(6-10-21)29-25-13-16-28-24-4-2-1-3-23(24)25/h1-13,16H,14-15,17-18H2,(H,28,29). The number of aromatic nitrogens is 1. The first kappa shape index (κ1) is 23.4. The molecule has 1 heterocycles. The van der Waals surface area contributed by atoms with Crippen LogP contribution >= 0.6 is 23.2 Å². The molecular weight excluding hydrogens is 477 g/mol. The van der Waals surface area contributed by atoms with E-state index >= 15 is 0 Å². The molecule has 0 saturated heterocycles. The van der Waals surface area contributed by atoms with Crippen molar-refractivity contribution >= 4 is 61.0 Å². The zero-order chi connectivity index (χ0) is 23.3. The third-order valence-corrected chi connectivity index (χ3v) is 7.44. The quantitative estimate of drug-likeness (QED) is 0.282. The van der Waals surface area contributed by atoms with Crippen LogP contribution < -0.4 is 10.2 Å². The first-order chi connectivity index (χ1) is 16.0. The van der Waals surface area contributed by atoms with Crippen molar-refractivity contribution in [3.8, 4) is 0 Å². The van der Waals surface area contributed by atoms with Gasteiger partial charge in [0.1, 0.15) is 0 Å². The van der Waals surface area contributed by atoms with E-state index in [-0.39, 0.29) is 9.79 Å². The van der Waals surface area contributed by atoms with E-state index in [1.54, 1.807) is 54.7 Å². The van der Waals surface area contributed by atoms with Crippen LogP contribution in [0, 0.1) is 0 Å². The number of sulfone groups is 1. The number of benzene rings is 3. The molecule has 33 heavy (non-hydrogen) atoms. The number of para-hydroxylation sites is 1. The number of pyridine rings is 1. The number of nitrogens with one attached hydrogen (secondary N) is 1. The molecule has 3 aromatic carbocycles. The van der Waals surface area contributed by atoms with E-state index in [1.165, 1.54) is 0 Å². The fourth-order valence-corrected chi connectivity index (χ4v) is 5.29. The second-order valence-corrected chi connectivity index (χ2v) is 10.1. The smallest absolute Gasteiger partial charge is 0.206 e. The molecule has 0 aliphatic rings. The van der Waals surface area contributed by atoms with E-state index in [1.807, 2.05) is 35.2 Å². The molecule has 0 fully saturated rings. The first-order valence-corrected chi connectivity index (χ1v) is 13.0.